The summed E-state index contributed by atoms with van der Waals surface area (Å²) >= 11 is 11.9. The van der Waals surface area contributed by atoms with Gasteiger partial charge in [0.05, 0.1) is 6.04 Å². The van der Waals surface area contributed by atoms with Crippen molar-refractivity contribution in [1.82, 2.24) is 10.2 Å². The van der Waals surface area contributed by atoms with Gasteiger partial charge in [-0.3, -0.25) is 0 Å². The third-order valence-electron chi connectivity index (χ3n) is 4.49. The molecule has 1 fully saturated rings. The predicted octanol–water partition coefficient (Wildman–Crippen LogP) is 3.73. The van der Waals surface area contributed by atoms with E-state index < -0.39 is 5.72 Å². The fraction of sp³-hybridized carbons (Fsp3) is 0.533. The van der Waals surface area contributed by atoms with Crippen molar-refractivity contribution in [1.29, 1.82) is 0 Å². The molecule has 2 aliphatic heterocycles. The van der Waals surface area contributed by atoms with Crippen LogP contribution in [0.25, 0.3) is 0 Å². The lowest BCUT2D eigenvalue weighted by atomic mass is 9.81. The van der Waals surface area contributed by atoms with Crippen LogP contribution in [0.4, 0.5) is 0 Å². The smallest absolute Gasteiger partial charge is 0.186 e. The van der Waals surface area contributed by atoms with E-state index >= 15 is 0 Å². The Labute approximate surface area is 130 Å². The summed E-state index contributed by atoms with van der Waals surface area (Å²) in [5.74, 6) is 1.12. The van der Waals surface area contributed by atoms with Crippen LogP contribution < -0.4 is 10.1 Å². The SMILES string of the molecule is CCCN1C(=S)NC2c3c(Cl)cccc3OC1(C)C2C. The van der Waals surface area contributed by atoms with E-state index in [1.54, 1.807) is 0 Å². The molecule has 0 saturated carbocycles. The van der Waals surface area contributed by atoms with Crippen molar-refractivity contribution >= 4 is 28.9 Å². The van der Waals surface area contributed by atoms with E-state index in [1.807, 2.05) is 18.2 Å². The molecule has 0 amide bonds. The van der Waals surface area contributed by atoms with Gasteiger partial charge in [-0.15, -0.1) is 0 Å². The minimum atomic E-state index is -0.416. The van der Waals surface area contributed by atoms with E-state index in [1.165, 1.54) is 0 Å². The van der Waals surface area contributed by atoms with Gasteiger partial charge in [0.25, 0.3) is 0 Å². The zero-order valence-electron chi connectivity index (χ0n) is 11.9. The third kappa shape index (κ3) is 1.81. The van der Waals surface area contributed by atoms with Crippen LogP contribution in [0.5, 0.6) is 5.75 Å². The third-order valence-corrected chi connectivity index (χ3v) is 5.16. The number of nitrogens with one attached hydrogen (secondary N) is 1. The molecule has 0 spiro atoms. The van der Waals surface area contributed by atoms with Gasteiger partial charge in [-0.2, -0.15) is 0 Å². The molecular weight excluding hydrogens is 292 g/mol. The summed E-state index contributed by atoms with van der Waals surface area (Å²) in [6, 6.07) is 5.93. The number of rotatable bonds is 2. The standard InChI is InChI=1S/C15H19ClN2OS/c1-4-8-18-14(20)17-13-9(2)15(18,3)19-11-7-5-6-10(16)12(11)13/h5-7,9,13H,4,8H2,1-3H3,(H,17,20). The molecule has 1 aromatic carbocycles. The molecule has 5 heteroatoms. The van der Waals surface area contributed by atoms with Crippen molar-refractivity contribution in [3.63, 3.8) is 0 Å². The van der Waals surface area contributed by atoms with Gasteiger partial charge >= 0.3 is 0 Å². The molecular formula is C15H19ClN2OS. The van der Waals surface area contributed by atoms with Gasteiger partial charge in [-0.1, -0.05) is 31.5 Å². The molecule has 20 heavy (non-hydrogen) atoms. The van der Waals surface area contributed by atoms with Crippen LogP contribution in [0.1, 0.15) is 38.8 Å². The number of hydrogen-bond acceptors (Lipinski definition) is 2. The highest BCUT2D eigenvalue weighted by molar-refractivity contribution is 7.80. The first-order valence-electron chi connectivity index (χ1n) is 7.04. The second kappa shape index (κ2) is 4.78. The molecule has 3 rings (SSSR count). The van der Waals surface area contributed by atoms with Crippen molar-refractivity contribution in [3.05, 3.63) is 28.8 Å². The van der Waals surface area contributed by atoms with Gasteiger partial charge in [0.15, 0.2) is 10.8 Å². The average Bonchev–Trinajstić information content (AvgIpc) is 2.39. The summed E-state index contributed by atoms with van der Waals surface area (Å²) in [7, 11) is 0. The largest absolute Gasteiger partial charge is 0.467 e. The Morgan fingerprint density at radius 1 is 1.50 bits per heavy atom. The monoisotopic (exact) mass is 310 g/mol. The molecule has 0 radical (unpaired) electrons. The molecule has 2 bridgehead atoms. The lowest BCUT2D eigenvalue weighted by molar-refractivity contribution is -0.110. The summed E-state index contributed by atoms with van der Waals surface area (Å²) in [5.41, 5.74) is 0.610. The molecule has 2 heterocycles. The van der Waals surface area contributed by atoms with Crippen molar-refractivity contribution in [2.45, 2.75) is 39.0 Å². The fourth-order valence-corrected chi connectivity index (χ4v) is 3.92. The Hall–Kier alpha value is -1.00. The minimum Gasteiger partial charge on any atom is -0.467 e. The summed E-state index contributed by atoms with van der Waals surface area (Å²) in [4.78, 5) is 2.16. The summed E-state index contributed by atoms with van der Waals surface area (Å²) in [6.45, 7) is 7.34. The first kappa shape index (κ1) is 14.0. The lowest BCUT2D eigenvalue weighted by Crippen LogP contribution is -2.69. The Balaban J connectivity index is 2.12. The number of ether oxygens (including phenoxy) is 1. The highest BCUT2D eigenvalue weighted by Crippen LogP contribution is 2.49. The number of benzene rings is 1. The number of halogens is 1. The van der Waals surface area contributed by atoms with Crippen LogP contribution in [0.3, 0.4) is 0 Å². The Morgan fingerprint density at radius 3 is 2.95 bits per heavy atom. The van der Waals surface area contributed by atoms with Gasteiger partial charge in [-0.05, 0) is 37.7 Å². The Morgan fingerprint density at radius 2 is 2.25 bits per heavy atom. The number of thiocarbonyl (C=S) groups is 1. The molecule has 108 valence electrons. The van der Waals surface area contributed by atoms with Crippen molar-refractivity contribution in [2.24, 2.45) is 5.92 Å². The summed E-state index contributed by atoms with van der Waals surface area (Å²) in [5, 5.41) is 4.94. The zero-order chi connectivity index (χ0) is 14.5. The lowest BCUT2D eigenvalue weighted by Gasteiger charge is -2.56. The number of fused-ring (bicyclic) bond motifs is 4. The molecule has 0 aliphatic carbocycles. The topological polar surface area (TPSA) is 24.5 Å². The second-order valence-corrected chi connectivity index (χ2v) is 6.47. The molecule has 3 nitrogen and oxygen atoms in total. The Bertz CT molecular complexity index is 565. The maximum Gasteiger partial charge on any atom is 0.186 e. The first-order valence-corrected chi connectivity index (χ1v) is 7.83. The molecule has 1 aromatic rings. The van der Waals surface area contributed by atoms with E-state index in [4.69, 9.17) is 28.6 Å². The van der Waals surface area contributed by atoms with Crippen LogP contribution in [-0.2, 0) is 0 Å². The molecule has 3 atom stereocenters. The van der Waals surface area contributed by atoms with Gasteiger partial charge < -0.3 is 15.0 Å². The number of hydrogen-bond donors (Lipinski definition) is 1. The number of nitrogens with zero attached hydrogens (tertiary/aromatic N) is 1. The van der Waals surface area contributed by atoms with E-state index in [-0.39, 0.29) is 12.0 Å². The van der Waals surface area contributed by atoms with Crippen LogP contribution in [0.2, 0.25) is 5.02 Å². The predicted molar refractivity (Wildman–Crippen MR) is 85.1 cm³/mol. The van der Waals surface area contributed by atoms with Crippen LogP contribution >= 0.6 is 23.8 Å². The van der Waals surface area contributed by atoms with Crippen molar-refractivity contribution in [2.75, 3.05) is 6.54 Å². The fourth-order valence-electron chi connectivity index (χ4n) is 3.24. The van der Waals surface area contributed by atoms with Crippen LogP contribution in [0.15, 0.2) is 18.2 Å². The van der Waals surface area contributed by atoms with Crippen molar-refractivity contribution in [3.8, 4) is 5.75 Å². The quantitative estimate of drug-likeness (QED) is 0.841. The molecule has 3 unspecified atom stereocenters. The van der Waals surface area contributed by atoms with Gasteiger partial charge in [0.2, 0.25) is 0 Å². The van der Waals surface area contributed by atoms with Crippen LogP contribution in [-0.4, -0.2) is 22.3 Å². The van der Waals surface area contributed by atoms with Crippen molar-refractivity contribution < 1.29 is 4.74 Å². The maximum absolute atomic E-state index is 6.37. The average molecular weight is 311 g/mol. The first-order chi connectivity index (χ1) is 9.49. The highest BCUT2D eigenvalue weighted by Gasteiger charge is 2.53. The summed E-state index contributed by atoms with van der Waals surface area (Å²) in [6.07, 6.45) is 1.03. The highest BCUT2D eigenvalue weighted by atomic mass is 35.5. The minimum absolute atomic E-state index is 0.109. The summed E-state index contributed by atoms with van der Waals surface area (Å²) < 4.78 is 6.33. The Kier molecular flexibility index (Phi) is 3.33. The second-order valence-electron chi connectivity index (χ2n) is 5.68. The maximum atomic E-state index is 6.37. The normalized spacial score (nSPS) is 31.4. The molecule has 1 N–H and O–H groups in total. The van der Waals surface area contributed by atoms with E-state index in [9.17, 15) is 0 Å². The molecule has 0 aromatic heterocycles. The molecule has 2 aliphatic rings. The zero-order valence-corrected chi connectivity index (χ0v) is 13.5. The van der Waals surface area contributed by atoms with E-state index in [0.29, 0.717) is 0 Å². The van der Waals surface area contributed by atoms with Gasteiger partial charge in [0.1, 0.15) is 5.75 Å². The van der Waals surface area contributed by atoms with E-state index in [2.05, 4.69) is 31.0 Å². The van der Waals surface area contributed by atoms with E-state index in [0.717, 1.165) is 34.4 Å². The van der Waals surface area contributed by atoms with Crippen LogP contribution in [0, 0.1) is 5.92 Å². The van der Waals surface area contributed by atoms with Gasteiger partial charge in [0, 0.05) is 23.0 Å². The molecule has 1 saturated heterocycles. The van der Waals surface area contributed by atoms with Gasteiger partial charge in [-0.25, -0.2) is 0 Å².